The molecule has 1 aliphatic rings. The molecule has 0 N–H and O–H groups in total. The lowest BCUT2D eigenvalue weighted by Gasteiger charge is -2.14. The van der Waals surface area contributed by atoms with Gasteiger partial charge in [0.2, 0.25) is 5.75 Å². The molecule has 2 aromatic heterocycles. The maximum absolute atomic E-state index is 13.4. The fraction of sp³-hybridized carbons (Fsp3) is 0.375. The Morgan fingerprint density at radius 2 is 1.88 bits per heavy atom. The Balaban J connectivity index is 1.67. The number of aromatic nitrogens is 2. The Bertz CT molecular complexity index is 1250. The first-order valence-corrected chi connectivity index (χ1v) is 12.4. The number of thiophene rings is 1. The molecule has 1 aromatic carbocycles. The highest BCUT2D eigenvalue weighted by Gasteiger charge is 2.23. The third-order valence-electron chi connectivity index (χ3n) is 5.67. The van der Waals surface area contributed by atoms with Crippen molar-refractivity contribution < 1.29 is 19.0 Å². The Morgan fingerprint density at radius 1 is 1.18 bits per heavy atom. The van der Waals surface area contributed by atoms with Crippen LogP contribution >= 0.6 is 23.1 Å². The van der Waals surface area contributed by atoms with Crippen molar-refractivity contribution in [2.45, 2.75) is 37.4 Å². The number of carbonyl (C=O) groups is 1. The molecule has 7 nitrogen and oxygen atoms in total. The van der Waals surface area contributed by atoms with Crippen LogP contribution in [0.15, 0.2) is 34.7 Å². The molecule has 0 atom stereocenters. The van der Waals surface area contributed by atoms with Crippen LogP contribution in [0, 0.1) is 0 Å². The first kappa shape index (κ1) is 23.4. The molecule has 4 rings (SSSR count). The normalized spacial score (nSPS) is 12.9. The number of ether oxygens (including phenoxy) is 3. The molecule has 0 radical (unpaired) electrons. The summed E-state index contributed by atoms with van der Waals surface area (Å²) in [4.78, 5) is 33.2. The average molecular weight is 487 g/mol. The number of ketones is 1. The maximum atomic E-state index is 13.4. The number of hydrogen-bond donors (Lipinski definition) is 0. The number of nitrogens with zero attached hydrogens (tertiary/aromatic N) is 2. The van der Waals surface area contributed by atoms with Crippen molar-refractivity contribution in [2.75, 3.05) is 27.1 Å². The number of benzene rings is 1. The van der Waals surface area contributed by atoms with Crippen molar-refractivity contribution in [3.63, 3.8) is 0 Å². The minimum absolute atomic E-state index is 0.0537. The Labute approximate surface area is 200 Å². The lowest BCUT2D eigenvalue weighted by molar-refractivity contribution is 0.102. The van der Waals surface area contributed by atoms with Gasteiger partial charge >= 0.3 is 0 Å². The first-order valence-electron chi connectivity index (χ1n) is 10.6. The number of carbonyl (C=O) groups excluding carboxylic acids is 1. The summed E-state index contributed by atoms with van der Waals surface area (Å²) in [5, 5.41) is 1.25. The van der Waals surface area contributed by atoms with E-state index in [0.717, 1.165) is 41.5 Å². The molecule has 2 heterocycles. The summed E-state index contributed by atoms with van der Waals surface area (Å²) in [6.07, 6.45) is 5.84. The van der Waals surface area contributed by atoms with Crippen molar-refractivity contribution >= 4 is 39.1 Å². The number of rotatable bonds is 9. The highest BCUT2D eigenvalue weighted by atomic mass is 32.2. The SMILES string of the molecule is C=CCn1c(SCC(=O)c2cc(OC)c(OC)c(OC)c2)nc2sc3c(c2c1=O)CCCC3. The van der Waals surface area contributed by atoms with Gasteiger partial charge in [-0.05, 0) is 43.4 Å². The van der Waals surface area contributed by atoms with E-state index in [9.17, 15) is 9.59 Å². The first-order chi connectivity index (χ1) is 16.0. The minimum Gasteiger partial charge on any atom is -0.493 e. The lowest BCUT2D eigenvalue weighted by atomic mass is 9.97. The van der Waals surface area contributed by atoms with Crippen molar-refractivity contribution in [2.24, 2.45) is 0 Å². The van der Waals surface area contributed by atoms with Gasteiger partial charge < -0.3 is 14.2 Å². The number of aryl methyl sites for hydroxylation is 2. The fourth-order valence-corrected chi connectivity index (χ4v) is 6.28. The summed E-state index contributed by atoms with van der Waals surface area (Å²) in [6.45, 7) is 4.13. The van der Waals surface area contributed by atoms with E-state index in [4.69, 9.17) is 19.2 Å². The molecule has 0 saturated heterocycles. The summed E-state index contributed by atoms with van der Waals surface area (Å²) < 4.78 is 17.7. The van der Waals surface area contributed by atoms with Gasteiger partial charge in [0.15, 0.2) is 22.4 Å². The van der Waals surface area contributed by atoms with E-state index in [1.54, 1.807) is 34.1 Å². The molecule has 9 heteroatoms. The number of allylic oxidation sites excluding steroid dienone is 1. The summed E-state index contributed by atoms with van der Waals surface area (Å²) in [7, 11) is 4.53. The third-order valence-corrected chi connectivity index (χ3v) is 7.83. The van der Waals surface area contributed by atoms with Gasteiger partial charge in [0.05, 0.1) is 32.5 Å². The highest BCUT2D eigenvalue weighted by molar-refractivity contribution is 7.99. The lowest BCUT2D eigenvalue weighted by Crippen LogP contribution is -2.23. The van der Waals surface area contributed by atoms with Gasteiger partial charge in [0, 0.05) is 17.0 Å². The zero-order chi connectivity index (χ0) is 23.5. The van der Waals surface area contributed by atoms with Crippen molar-refractivity contribution in [3.05, 3.63) is 51.1 Å². The summed E-state index contributed by atoms with van der Waals surface area (Å²) in [5.41, 5.74) is 1.53. The van der Waals surface area contributed by atoms with Crippen molar-refractivity contribution in [1.82, 2.24) is 9.55 Å². The van der Waals surface area contributed by atoms with E-state index in [2.05, 4.69) is 6.58 Å². The van der Waals surface area contributed by atoms with Crippen LogP contribution in [0.2, 0.25) is 0 Å². The average Bonchev–Trinajstić information content (AvgIpc) is 3.22. The zero-order valence-corrected chi connectivity index (χ0v) is 20.6. The quantitative estimate of drug-likeness (QED) is 0.190. The molecule has 0 amide bonds. The Morgan fingerprint density at radius 3 is 2.52 bits per heavy atom. The van der Waals surface area contributed by atoms with Crippen molar-refractivity contribution in [1.29, 1.82) is 0 Å². The van der Waals surface area contributed by atoms with Gasteiger partial charge in [-0.15, -0.1) is 17.9 Å². The van der Waals surface area contributed by atoms with E-state index in [1.807, 2.05) is 0 Å². The number of thioether (sulfide) groups is 1. The number of Topliss-reactive ketones (excluding diaryl/α,β-unsaturated/α-hetero) is 1. The van der Waals surface area contributed by atoms with Gasteiger partial charge in [-0.25, -0.2) is 4.98 Å². The second-order valence-corrected chi connectivity index (χ2v) is 9.64. The van der Waals surface area contributed by atoms with Crippen LogP contribution in [0.1, 0.15) is 33.6 Å². The summed E-state index contributed by atoms with van der Waals surface area (Å²) in [5.74, 6) is 1.23. The van der Waals surface area contributed by atoms with Crippen LogP contribution < -0.4 is 19.8 Å². The molecule has 174 valence electrons. The van der Waals surface area contributed by atoms with E-state index in [0.29, 0.717) is 34.5 Å². The largest absolute Gasteiger partial charge is 0.493 e. The molecular weight excluding hydrogens is 460 g/mol. The molecule has 1 aliphatic carbocycles. The van der Waals surface area contributed by atoms with E-state index in [1.165, 1.54) is 38.0 Å². The van der Waals surface area contributed by atoms with Gasteiger partial charge in [-0.1, -0.05) is 17.8 Å². The summed E-state index contributed by atoms with van der Waals surface area (Å²) in [6, 6.07) is 3.26. The molecule has 0 spiro atoms. The maximum Gasteiger partial charge on any atom is 0.263 e. The Hall–Kier alpha value is -2.78. The van der Waals surface area contributed by atoms with Gasteiger partial charge in [-0.2, -0.15) is 0 Å². The fourth-order valence-electron chi connectivity index (χ4n) is 4.08. The minimum atomic E-state index is -0.135. The van der Waals surface area contributed by atoms with Crippen LogP contribution in [0.5, 0.6) is 17.2 Å². The van der Waals surface area contributed by atoms with Crippen LogP contribution in [0.4, 0.5) is 0 Å². The summed E-state index contributed by atoms with van der Waals surface area (Å²) >= 11 is 2.85. The molecule has 0 bridgehead atoms. The van der Waals surface area contributed by atoms with Crippen molar-refractivity contribution in [3.8, 4) is 17.2 Å². The van der Waals surface area contributed by atoms with Crippen LogP contribution in [-0.2, 0) is 19.4 Å². The molecule has 0 fully saturated rings. The smallest absolute Gasteiger partial charge is 0.263 e. The van der Waals surface area contributed by atoms with Crippen LogP contribution in [0.25, 0.3) is 10.2 Å². The second-order valence-electron chi connectivity index (χ2n) is 7.62. The van der Waals surface area contributed by atoms with Gasteiger partial charge in [0.1, 0.15) is 4.83 Å². The topological polar surface area (TPSA) is 79.7 Å². The zero-order valence-electron chi connectivity index (χ0n) is 18.9. The van der Waals surface area contributed by atoms with E-state index in [-0.39, 0.29) is 17.1 Å². The molecule has 0 aliphatic heterocycles. The van der Waals surface area contributed by atoms with E-state index >= 15 is 0 Å². The van der Waals surface area contributed by atoms with E-state index < -0.39 is 0 Å². The molecular formula is C24H26N2O5S2. The van der Waals surface area contributed by atoms with Crippen LogP contribution in [0.3, 0.4) is 0 Å². The third kappa shape index (κ3) is 4.39. The molecule has 3 aromatic rings. The van der Waals surface area contributed by atoms with Gasteiger partial charge in [-0.3, -0.25) is 14.2 Å². The second kappa shape index (κ2) is 10.0. The number of hydrogen-bond acceptors (Lipinski definition) is 8. The monoisotopic (exact) mass is 486 g/mol. The Kier molecular flexibility index (Phi) is 7.09. The molecule has 0 unspecified atom stereocenters. The number of fused-ring (bicyclic) bond motifs is 3. The molecule has 33 heavy (non-hydrogen) atoms. The standard InChI is InChI=1S/C24H26N2O5S2/c1-5-10-26-23(28)20-15-8-6-7-9-19(15)33-22(20)25-24(26)32-13-16(27)14-11-17(29-2)21(31-4)18(12-14)30-3/h5,11-12H,1,6-10,13H2,2-4H3. The highest BCUT2D eigenvalue weighted by Crippen LogP contribution is 2.39. The molecule has 0 saturated carbocycles. The predicted molar refractivity (Wildman–Crippen MR) is 132 cm³/mol. The van der Waals surface area contributed by atoms with Crippen LogP contribution in [-0.4, -0.2) is 42.4 Å². The predicted octanol–water partition coefficient (Wildman–Crippen LogP) is 4.52. The van der Waals surface area contributed by atoms with Gasteiger partial charge in [0.25, 0.3) is 5.56 Å². The number of methoxy groups -OCH3 is 3.